The van der Waals surface area contributed by atoms with Crippen LogP contribution in [0.1, 0.15) is 22.0 Å². The van der Waals surface area contributed by atoms with Crippen LogP contribution in [0.25, 0.3) is 0 Å². The van der Waals surface area contributed by atoms with Crippen molar-refractivity contribution in [1.82, 2.24) is 9.80 Å². The number of hydrogen-bond donors (Lipinski definition) is 0. The molecule has 0 N–H and O–H groups in total. The third-order valence-corrected chi connectivity index (χ3v) is 5.95. The van der Waals surface area contributed by atoms with Gasteiger partial charge in [-0.2, -0.15) is 8.78 Å². The van der Waals surface area contributed by atoms with Crippen LogP contribution in [-0.4, -0.2) is 56.1 Å². The Balaban J connectivity index is 0.00000256. The predicted octanol–water partition coefficient (Wildman–Crippen LogP) is 4.09. The van der Waals surface area contributed by atoms with Gasteiger partial charge in [-0.3, -0.25) is 9.69 Å². The van der Waals surface area contributed by atoms with Gasteiger partial charge in [0.05, 0.1) is 7.11 Å². The van der Waals surface area contributed by atoms with E-state index in [2.05, 4.69) is 28.8 Å². The molecule has 0 aromatic heterocycles. The van der Waals surface area contributed by atoms with Crippen LogP contribution in [0.4, 0.5) is 8.78 Å². The molecule has 2 aliphatic heterocycles. The van der Waals surface area contributed by atoms with Crippen molar-refractivity contribution < 1.29 is 23.0 Å². The van der Waals surface area contributed by atoms with Crippen molar-refractivity contribution in [2.45, 2.75) is 12.7 Å². The van der Waals surface area contributed by atoms with Gasteiger partial charge in [0.1, 0.15) is 11.5 Å². The zero-order chi connectivity index (χ0) is 20.5. The zero-order valence-electron chi connectivity index (χ0n) is 16.8. The summed E-state index contributed by atoms with van der Waals surface area (Å²) in [6.07, 6.45) is 0. The van der Waals surface area contributed by atoms with Crippen LogP contribution in [0.2, 0.25) is 0 Å². The van der Waals surface area contributed by atoms with Crippen molar-refractivity contribution >= 4 is 18.3 Å². The van der Waals surface area contributed by atoms with E-state index in [1.807, 2.05) is 17.0 Å². The molecular weight excluding hydrogens is 414 g/mol. The summed E-state index contributed by atoms with van der Waals surface area (Å²) < 4.78 is 34.6. The Hall–Kier alpha value is -2.38. The van der Waals surface area contributed by atoms with Crippen molar-refractivity contribution in [3.05, 3.63) is 59.7 Å². The Morgan fingerprint density at radius 3 is 2.47 bits per heavy atom. The van der Waals surface area contributed by atoms with Crippen molar-refractivity contribution in [1.29, 1.82) is 0 Å². The third kappa shape index (κ3) is 4.37. The smallest absolute Gasteiger partial charge is 0.387 e. The van der Waals surface area contributed by atoms with Crippen LogP contribution in [0, 0.1) is 11.8 Å². The summed E-state index contributed by atoms with van der Waals surface area (Å²) in [5.74, 6) is 1.39. The number of likely N-dealkylation sites (tertiary alicyclic amines) is 2. The number of fused-ring (bicyclic) bond motifs is 1. The monoisotopic (exact) mass is 438 g/mol. The number of nitrogens with zero attached hydrogens (tertiary/aromatic N) is 2. The lowest BCUT2D eigenvalue weighted by Gasteiger charge is -2.27. The summed E-state index contributed by atoms with van der Waals surface area (Å²) in [6.45, 7) is -0.683. The minimum Gasteiger partial charge on any atom is -0.497 e. The summed E-state index contributed by atoms with van der Waals surface area (Å²) in [5.41, 5.74) is 1.58. The lowest BCUT2D eigenvalue weighted by Crippen LogP contribution is -2.33. The SMILES string of the molecule is COc1ccc([C@@H]2[C@@H]3CN(C(=O)c4cccc(OC(F)F)c4)C[C@@H]3CN2C)cc1.Cl. The molecule has 4 rings (SSSR count). The second-order valence-corrected chi connectivity index (χ2v) is 7.70. The van der Waals surface area contributed by atoms with Crippen molar-refractivity contribution in [3.63, 3.8) is 0 Å². The van der Waals surface area contributed by atoms with Crippen molar-refractivity contribution in [3.8, 4) is 11.5 Å². The van der Waals surface area contributed by atoms with Gasteiger partial charge in [-0.05, 0) is 48.9 Å². The summed E-state index contributed by atoms with van der Waals surface area (Å²) in [5, 5.41) is 0. The molecular formula is C22H25ClF2N2O3. The zero-order valence-corrected chi connectivity index (χ0v) is 17.6. The first-order chi connectivity index (χ1) is 14.0. The average molecular weight is 439 g/mol. The number of rotatable bonds is 5. The van der Waals surface area contributed by atoms with E-state index in [1.54, 1.807) is 19.2 Å². The molecule has 0 unspecified atom stereocenters. The fourth-order valence-electron chi connectivity index (χ4n) is 4.71. The first-order valence-electron chi connectivity index (χ1n) is 9.64. The minimum absolute atomic E-state index is 0. The van der Waals surface area contributed by atoms with Gasteiger partial charge >= 0.3 is 6.61 Å². The molecule has 30 heavy (non-hydrogen) atoms. The fraction of sp³-hybridized carbons (Fsp3) is 0.409. The van der Waals surface area contributed by atoms with Crippen LogP contribution in [0.15, 0.2) is 48.5 Å². The number of benzene rings is 2. The van der Waals surface area contributed by atoms with E-state index in [-0.39, 0.29) is 30.1 Å². The van der Waals surface area contributed by atoms with E-state index in [4.69, 9.17) is 4.74 Å². The van der Waals surface area contributed by atoms with E-state index in [1.165, 1.54) is 17.7 Å². The molecule has 2 aliphatic rings. The Bertz CT molecular complexity index is 881. The van der Waals surface area contributed by atoms with Crippen molar-refractivity contribution in [2.75, 3.05) is 33.8 Å². The molecule has 162 valence electrons. The number of methoxy groups -OCH3 is 1. The molecule has 3 atom stereocenters. The summed E-state index contributed by atoms with van der Waals surface area (Å²) in [6, 6.07) is 14.3. The number of carbonyl (C=O) groups is 1. The van der Waals surface area contributed by atoms with Crippen molar-refractivity contribution in [2.24, 2.45) is 11.8 Å². The predicted molar refractivity (Wildman–Crippen MR) is 112 cm³/mol. The standard InChI is InChI=1S/C22H24F2N2O3.ClH/c1-25-11-16-12-26(21(27)15-4-3-5-18(10-15)29-22(23)24)13-19(16)20(25)14-6-8-17(28-2)9-7-14;/h3-10,16,19-20,22H,11-13H2,1-2H3;1H/t16-,19+,20+;/m0./s1. The lowest BCUT2D eigenvalue weighted by atomic mass is 9.89. The van der Waals surface area contributed by atoms with E-state index in [0.717, 1.165) is 12.3 Å². The highest BCUT2D eigenvalue weighted by Crippen LogP contribution is 2.44. The van der Waals surface area contributed by atoms with E-state index >= 15 is 0 Å². The van der Waals surface area contributed by atoms with E-state index in [0.29, 0.717) is 30.5 Å². The van der Waals surface area contributed by atoms with Crippen LogP contribution < -0.4 is 9.47 Å². The Morgan fingerprint density at radius 1 is 1.07 bits per heavy atom. The van der Waals surface area contributed by atoms with Crippen LogP contribution in [0.3, 0.4) is 0 Å². The molecule has 0 aliphatic carbocycles. The Morgan fingerprint density at radius 2 is 1.80 bits per heavy atom. The molecule has 8 heteroatoms. The number of halogens is 3. The topological polar surface area (TPSA) is 42.0 Å². The lowest BCUT2D eigenvalue weighted by molar-refractivity contribution is -0.0499. The fourth-order valence-corrected chi connectivity index (χ4v) is 4.71. The highest BCUT2D eigenvalue weighted by Gasteiger charge is 2.47. The summed E-state index contributed by atoms with van der Waals surface area (Å²) >= 11 is 0. The van der Waals surface area contributed by atoms with Gasteiger partial charge in [-0.25, -0.2) is 0 Å². The van der Waals surface area contributed by atoms with Gasteiger partial charge in [-0.1, -0.05) is 18.2 Å². The maximum absolute atomic E-state index is 13.0. The molecule has 2 heterocycles. The second-order valence-electron chi connectivity index (χ2n) is 7.70. The number of hydrogen-bond acceptors (Lipinski definition) is 4. The third-order valence-electron chi connectivity index (χ3n) is 5.95. The molecule has 2 aromatic carbocycles. The minimum atomic E-state index is -2.91. The molecule has 1 amide bonds. The molecule has 0 saturated carbocycles. The van der Waals surface area contributed by atoms with Crippen LogP contribution >= 0.6 is 12.4 Å². The van der Waals surface area contributed by atoms with Gasteiger partial charge < -0.3 is 14.4 Å². The van der Waals surface area contributed by atoms with E-state index < -0.39 is 6.61 Å². The number of ether oxygens (including phenoxy) is 2. The molecule has 2 fully saturated rings. The quantitative estimate of drug-likeness (QED) is 0.705. The molecule has 2 aromatic rings. The molecule has 0 spiro atoms. The maximum Gasteiger partial charge on any atom is 0.387 e. The Kier molecular flexibility index (Phi) is 6.83. The number of carbonyl (C=O) groups excluding carboxylic acids is 1. The average Bonchev–Trinajstić information content (AvgIpc) is 3.24. The highest BCUT2D eigenvalue weighted by molar-refractivity contribution is 5.94. The van der Waals surface area contributed by atoms with E-state index in [9.17, 15) is 13.6 Å². The van der Waals surface area contributed by atoms with Gasteiger partial charge in [0.15, 0.2) is 0 Å². The molecule has 0 bridgehead atoms. The number of alkyl halides is 2. The van der Waals surface area contributed by atoms with Gasteiger partial charge in [0.25, 0.3) is 5.91 Å². The van der Waals surface area contributed by atoms with Gasteiger partial charge in [0, 0.05) is 37.2 Å². The molecule has 0 radical (unpaired) electrons. The summed E-state index contributed by atoms with van der Waals surface area (Å²) in [7, 11) is 3.76. The normalized spacial score (nSPS) is 23.2. The van der Waals surface area contributed by atoms with Gasteiger partial charge in [-0.15, -0.1) is 12.4 Å². The second kappa shape index (κ2) is 9.18. The highest BCUT2D eigenvalue weighted by atomic mass is 35.5. The summed E-state index contributed by atoms with van der Waals surface area (Å²) in [4.78, 5) is 17.2. The first-order valence-corrected chi connectivity index (χ1v) is 9.64. The van der Waals surface area contributed by atoms with Crippen LogP contribution in [0.5, 0.6) is 11.5 Å². The molecule has 2 saturated heterocycles. The Labute approximate surface area is 181 Å². The maximum atomic E-state index is 13.0. The number of amides is 1. The first kappa shape index (κ1) is 22.3. The van der Waals surface area contributed by atoms with Crippen LogP contribution in [-0.2, 0) is 0 Å². The van der Waals surface area contributed by atoms with Gasteiger partial charge in [0.2, 0.25) is 0 Å². The molecule has 5 nitrogen and oxygen atoms in total. The largest absolute Gasteiger partial charge is 0.497 e.